The van der Waals surface area contributed by atoms with E-state index in [1.165, 1.54) is 11.1 Å². The minimum Gasteiger partial charge on any atom is -0.497 e. The van der Waals surface area contributed by atoms with Crippen molar-refractivity contribution in [2.45, 2.75) is 13.8 Å². The third kappa shape index (κ3) is 2.62. The highest BCUT2D eigenvalue weighted by Crippen LogP contribution is 2.30. The molecule has 3 heteroatoms. The van der Waals surface area contributed by atoms with Gasteiger partial charge >= 0.3 is 0 Å². The van der Waals surface area contributed by atoms with Crippen LogP contribution in [0.5, 0.6) is 11.5 Å². The molecule has 0 saturated carbocycles. The predicted molar refractivity (Wildman–Crippen MR) is 89.8 cm³/mol. The highest BCUT2D eigenvalue weighted by Gasteiger charge is 2.08. The summed E-state index contributed by atoms with van der Waals surface area (Å²) >= 11 is 0. The van der Waals surface area contributed by atoms with Gasteiger partial charge in [-0.25, -0.2) is 4.98 Å². The van der Waals surface area contributed by atoms with E-state index < -0.39 is 0 Å². The number of fused-ring (bicyclic) bond motifs is 1. The zero-order valence-electron chi connectivity index (χ0n) is 13.3. The van der Waals surface area contributed by atoms with Crippen molar-refractivity contribution < 1.29 is 9.47 Å². The van der Waals surface area contributed by atoms with Gasteiger partial charge in [-0.05, 0) is 43.7 Å². The van der Waals surface area contributed by atoms with Crippen LogP contribution in [0.4, 0.5) is 0 Å². The highest BCUT2D eigenvalue weighted by atomic mass is 16.5. The number of aromatic nitrogens is 1. The maximum absolute atomic E-state index is 5.34. The van der Waals surface area contributed by atoms with E-state index in [0.29, 0.717) is 0 Å². The normalized spacial score (nSPS) is 10.7. The Hall–Kier alpha value is -2.55. The Balaban J connectivity index is 2.18. The van der Waals surface area contributed by atoms with E-state index in [2.05, 4.69) is 32.0 Å². The van der Waals surface area contributed by atoms with Crippen molar-refractivity contribution in [1.29, 1.82) is 0 Å². The lowest BCUT2D eigenvalue weighted by Crippen LogP contribution is -1.92. The number of rotatable bonds is 3. The quantitative estimate of drug-likeness (QED) is 0.710. The smallest absolute Gasteiger partial charge is 0.123 e. The molecule has 2 aromatic carbocycles. The predicted octanol–water partition coefficient (Wildman–Crippen LogP) is 4.54. The summed E-state index contributed by atoms with van der Waals surface area (Å²) < 4.78 is 10.7. The van der Waals surface area contributed by atoms with Crippen molar-refractivity contribution in [3.63, 3.8) is 0 Å². The number of ether oxygens (including phenoxy) is 2. The first-order valence-corrected chi connectivity index (χ1v) is 7.22. The van der Waals surface area contributed by atoms with Crippen LogP contribution < -0.4 is 9.47 Å². The molecule has 112 valence electrons. The van der Waals surface area contributed by atoms with E-state index in [1.54, 1.807) is 14.2 Å². The van der Waals surface area contributed by atoms with Crippen LogP contribution in [0, 0.1) is 13.8 Å². The van der Waals surface area contributed by atoms with E-state index in [-0.39, 0.29) is 0 Å². The average molecular weight is 293 g/mol. The van der Waals surface area contributed by atoms with Crippen LogP contribution in [0.25, 0.3) is 22.2 Å². The zero-order chi connectivity index (χ0) is 15.7. The van der Waals surface area contributed by atoms with Gasteiger partial charge in [0.25, 0.3) is 0 Å². The van der Waals surface area contributed by atoms with Crippen LogP contribution in [0.15, 0.2) is 42.5 Å². The first kappa shape index (κ1) is 14.4. The molecule has 0 aliphatic rings. The molecule has 0 atom stereocenters. The van der Waals surface area contributed by atoms with Crippen molar-refractivity contribution in [3.05, 3.63) is 53.6 Å². The van der Waals surface area contributed by atoms with Gasteiger partial charge in [0.1, 0.15) is 11.5 Å². The molecule has 0 amide bonds. The third-order valence-corrected chi connectivity index (χ3v) is 3.77. The topological polar surface area (TPSA) is 31.4 Å². The van der Waals surface area contributed by atoms with Gasteiger partial charge in [0, 0.05) is 17.0 Å². The Labute approximate surface area is 130 Å². The number of methoxy groups -OCH3 is 2. The number of nitrogens with zero attached hydrogens (tertiary/aromatic N) is 1. The fourth-order valence-electron chi connectivity index (χ4n) is 2.72. The monoisotopic (exact) mass is 293 g/mol. The highest BCUT2D eigenvalue weighted by molar-refractivity contribution is 5.85. The molecular weight excluding hydrogens is 274 g/mol. The van der Waals surface area contributed by atoms with Gasteiger partial charge in [0.05, 0.1) is 25.4 Å². The fourth-order valence-corrected chi connectivity index (χ4v) is 2.72. The number of aryl methyl sites for hydroxylation is 2. The molecule has 0 aliphatic carbocycles. The summed E-state index contributed by atoms with van der Waals surface area (Å²) in [6, 6.07) is 14.3. The molecule has 3 nitrogen and oxygen atoms in total. The summed E-state index contributed by atoms with van der Waals surface area (Å²) in [5.74, 6) is 1.52. The van der Waals surface area contributed by atoms with Gasteiger partial charge in [0.15, 0.2) is 0 Å². The number of pyridine rings is 1. The van der Waals surface area contributed by atoms with Crippen LogP contribution in [0.1, 0.15) is 11.1 Å². The van der Waals surface area contributed by atoms with E-state index in [0.717, 1.165) is 33.7 Å². The minimum atomic E-state index is 0.761. The summed E-state index contributed by atoms with van der Waals surface area (Å²) in [5, 5.41) is 1.16. The summed E-state index contributed by atoms with van der Waals surface area (Å²) in [7, 11) is 3.30. The second-order valence-electron chi connectivity index (χ2n) is 5.45. The molecular formula is C19H19NO2. The van der Waals surface area contributed by atoms with Crippen LogP contribution in [-0.2, 0) is 0 Å². The molecule has 0 saturated heterocycles. The first-order chi connectivity index (χ1) is 10.6. The lowest BCUT2D eigenvalue weighted by molar-refractivity contribution is 0.394. The van der Waals surface area contributed by atoms with Crippen molar-refractivity contribution in [3.8, 4) is 22.8 Å². The lowest BCUT2D eigenvalue weighted by Gasteiger charge is -2.10. The van der Waals surface area contributed by atoms with Crippen LogP contribution >= 0.6 is 0 Å². The van der Waals surface area contributed by atoms with Crippen LogP contribution in [-0.4, -0.2) is 19.2 Å². The second-order valence-corrected chi connectivity index (χ2v) is 5.45. The summed E-state index contributed by atoms with van der Waals surface area (Å²) in [5.41, 5.74) is 5.37. The molecule has 0 bridgehead atoms. The largest absolute Gasteiger partial charge is 0.497 e. The van der Waals surface area contributed by atoms with Crippen LogP contribution in [0.2, 0.25) is 0 Å². The standard InChI is InChI=1S/C19H19NO2/c1-12-7-13(2)19-14(8-12)5-6-18(20-19)15-9-16(21-3)11-17(10-15)22-4/h5-11H,1-4H3. The molecule has 1 aromatic heterocycles. The minimum absolute atomic E-state index is 0.761. The van der Waals surface area contributed by atoms with Gasteiger partial charge < -0.3 is 9.47 Å². The van der Waals surface area contributed by atoms with Crippen LogP contribution in [0.3, 0.4) is 0 Å². The van der Waals surface area contributed by atoms with E-state index in [9.17, 15) is 0 Å². The third-order valence-electron chi connectivity index (χ3n) is 3.77. The Bertz CT molecular complexity index is 818. The molecule has 0 unspecified atom stereocenters. The molecule has 3 rings (SSSR count). The molecule has 0 fully saturated rings. The Morgan fingerprint density at radius 1 is 0.818 bits per heavy atom. The number of benzene rings is 2. The van der Waals surface area contributed by atoms with E-state index in [4.69, 9.17) is 14.5 Å². The van der Waals surface area contributed by atoms with Gasteiger partial charge in [-0.1, -0.05) is 17.7 Å². The van der Waals surface area contributed by atoms with Crippen molar-refractivity contribution in [1.82, 2.24) is 4.98 Å². The van der Waals surface area contributed by atoms with Crippen molar-refractivity contribution in [2.24, 2.45) is 0 Å². The molecule has 3 aromatic rings. The van der Waals surface area contributed by atoms with Gasteiger partial charge in [-0.15, -0.1) is 0 Å². The Morgan fingerprint density at radius 2 is 1.50 bits per heavy atom. The van der Waals surface area contributed by atoms with Crippen molar-refractivity contribution >= 4 is 10.9 Å². The van der Waals surface area contributed by atoms with Gasteiger partial charge in [-0.2, -0.15) is 0 Å². The first-order valence-electron chi connectivity index (χ1n) is 7.22. The Morgan fingerprint density at radius 3 is 2.14 bits per heavy atom. The maximum Gasteiger partial charge on any atom is 0.123 e. The SMILES string of the molecule is COc1cc(OC)cc(-c2ccc3cc(C)cc(C)c3n2)c1. The molecule has 0 aliphatic heterocycles. The summed E-state index contributed by atoms with van der Waals surface area (Å²) in [6.07, 6.45) is 0. The van der Waals surface area contributed by atoms with E-state index >= 15 is 0 Å². The van der Waals surface area contributed by atoms with Crippen molar-refractivity contribution in [2.75, 3.05) is 14.2 Å². The number of hydrogen-bond donors (Lipinski definition) is 0. The van der Waals surface area contributed by atoms with Gasteiger partial charge in [-0.3, -0.25) is 0 Å². The summed E-state index contributed by atoms with van der Waals surface area (Å²) in [6.45, 7) is 4.20. The van der Waals surface area contributed by atoms with E-state index in [1.807, 2.05) is 24.3 Å². The zero-order valence-corrected chi connectivity index (χ0v) is 13.3. The lowest BCUT2D eigenvalue weighted by atomic mass is 10.0. The molecule has 22 heavy (non-hydrogen) atoms. The molecule has 1 heterocycles. The average Bonchev–Trinajstić information content (AvgIpc) is 2.53. The second kappa shape index (κ2) is 5.68. The van der Waals surface area contributed by atoms with Gasteiger partial charge in [0.2, 0.25) is 0 Å². The fraction of sp³-hybridized carbons (Fsp3) is 0.211. The maximum atomic E-state index is 5.34. The number of hydrogen-bond acceptors (Lipinski definition) is 3. The summed E-state index contributed by atoms with van der Waals surface area (Å²) in [4.78, 5) is 4.83. The molecule has 0 radical (unpaired) electrons. The molecule has 0 spiro atoms. The Kier molecular flexibility index (Phi) is 3.72. The molecule has 0 N–H and O–H groups in total.